The number of carbonyl (C=O) groups excluding carboxylic acids is 2. The Morgan fingerprint density at radius 3 is 2.75 bits per heavy atom. The summed E-state index contributed by atoms with van der Waals surface area (Å²) in [6.07, 6.45) is 3.58. The molecule has 1 atom stereocenters. The molecular formula is C14H19N3O3. The predicted molar refractivity (Wildman–Crippen MR) is 71.3 cm³/mol. The van der Waals surface area contributed by atoms with Crippen molar-refractivity contribution >= 4 is 11.9 Å². The zero-order valence-corrected chi connectivity index (χ0v) is 11.6. The number of hydrogen-bond donors (Lipinski definition) is 1. The molecule has 1 aliphatic heterocycles. The number of nitrogens with zero attached hydrogens (tertiary/aromatic N) is 2. The number of ether oxygens (including phenoxy) is 1. The Kier molecular flexibility index (Phi) is 3.46. The Bertz CT molecular complexity index is 515. The van der Waals surface area contributed by atoms with Gasteiger partial charge in [-0.15, -0.1) is 0 Å². The summed E-state index contributed by atoms with van der Waals surface area (Å²) in [5, 5.41) is 6.82. The highest BCUT2D eigenvalue weighted by molar-refractivity contribution is 5.90. The minimum absolute atomic E-state index is 0.117. The van der Waals surface area contributed by atoms with E-state index in [0.29, 0.717) is 5.92 Å². The van der Waals surface area contributed by atoms with Crippen LogP contribution in [0.3, 0.4) is 0 Å². The maximum Gasteiger partial charge on any atom is 0.359 e. The molecule has 1 saturated carbocycles. The van der Waals surface area contributed by atoms with Gasteiger partial charge < -0.3 is 9.64 Å². The Morgan fingerprint density at radius 2 is 2.10 bits per heavy atom. The molecule has 20 heavy (non-hydrogen) atoms. The fraction of sp³-hybridized carbons (Fsp3) is 0.643. The first-order chi connectivity index (χ1) is 9.65. The molecule has 0 aromatic carbocycles. The molecule has 6 nitrogen and oxygen atoms in total. The van der Waals surface area contributed by atoms with Crippen LogP contribution in [0.25, 0.3) is 0 Å². The Balaban J connectivity index is 1.57. The number of hydrogen-bond acceptors (Lipinski definition) is 4. The Hall–Kier alpha value is -1.85. The smallest absolute Gasteiger partial charge is 0.359 e. The highest BCUT2D eigenvalue weighted by atomic mass is 16.5. The molecule has 1 aliphatic carbocycles. The topological polar surface area (TPSA) is 75.3 Å². The van der Waals surface area contributed by atoms with Gasteiger partial charge in [0.2, 0.25) is 0 Å². The lowest BCUT2D eigenvalue weighted by molar-refractivity contribution is -0.138. The molecule has 6 heteroatoms. The van der Waals surface area contributed by atoms with E-state index in [2.05, 4.69) is 10.2 Å². The lowest BCUT2D eigenvalue weighted by Gasteiger charge is -2.19. The lowest BCUT2D eigenvalue weighted by atomic mass is 10.2. The van der Waals surface area contributed by atoms with Gasteiger partial charge in [0.25, 0.3) is 5.91 Å². The second-order valence-corrected chi connectivity index (χ2v) is 5.56. The Morgan fingerprint density at radius 1 is 1.40 bits per heavy atom. The monoisotopic (exact) mass is 277 g/mol. The first kappa shape index (κ1) is 13.1. The van der Waals surface area contributed by atoms with Gasteiger partial charge in [0, 0.05) is 24.7 Å². The number of rotatable bonds is 4. The van der Waals surface area contributed by atoms with Crippen molar-refractivity contribution in [3.05, 3.63) is 17.5 Å². The number of amides is 1. The van der Waals surface area contributed by atoms with Gasteiger partial charge in [-0.1, -0.05) is 0 Å². The molecule has 2 heterocycles. The molecule has 0 bridgehead atoms. The summed E-state index contributed by atoms with van der Waals surface area (Å²) >= 11 is 0. The Labute approximate surface area is 117 Å². The fourth-order valence-corrected chi connectivity index (χ4v) is 2.51. The van der Waals surface area contributed by atoms with Crippen LogP contribution in [0, 0.1) is 0 Å². The summed E-state index contributed by atoms with van der Waals surface area (Å²) in [6, 6.07) is 1.73. The summed E-state index contributed by atoms with van der Waals surface area (Å²) in [6.45, 7) is 3.14. The van der Waals surface area contributed by atoms with Crippen molar-refractivity contribution in [1.29, 1.82) is 0 Å². The molecule has 2 aliphatic rings. The van der Waals surface area contributed by atoms with E-state index in [0.717, 1.165) is 44.5 Å². The number of carbonyl (C=O) groups is 2. The van der Waals surface area contributed by atoms with E-state index < -0.39 is 12.1 Å². The third-order valence-electron chi connectivity index (χ3n) is 3.87. The molecule has 0 radical (unpaired) electrons. The van der Waals surface area contributed by atoms with E-state index >= 15 is 0 Å². The summed E-state index contributed by atoms with van der Waals surface area (Å²) in [5.41, 5.74) is 1.24. The number of likely N-dealkylation sites (tertiary alicyclic amines) is 1. The van der Waals surface area contributed by atoms with Gasteiger partial charge in [-0.25, -0.2) is 4.79 Å². The molecule has 0 spiro atoms. The van der Waals surface area contributed by atoms with E-state index in [1.165, 1.54) is 0 Å². The summed E-state index contributed by atoms with van der Waals surface area (Å²) < 4.78 is 5.21. The molecular weight excluding hydrogens is 258 g/mol. The number of H-pyrrole nitrogens is 1. The minimum Gasteiger partial charge on any atom is -0.448 e. The maximum absolute atomic E-state index is 12.1. The minimum atomic E-state index is -0.748. The molecule has 1 amide bonds. The number of esters is 1. The maximum atomic E-state index is 12.1. The van der Waals surface area contributed by atoms with Crippen molar-refractivity contribution in [2.45, 2.75) is 44.6 Å². The molecule has 1 aromatic rings. The van der Waals surface area contributed by atoms with E-state index in [-0.39, 0.29) is 11.6 Å². The van der Waals surface area contributed by atoms with Crippen LogP contribution in [0.1, 0.15) is 54.7 Å². The van der Waals surface area contributed by atoms with Crippen LogP contribution in [-0.2, 0) is 9.53 Å². The van der Waals surface area contributed by atoms with Crippen molar-refractivity contribution in [1.82, 2.24) is 15.1 Å². The molecule has 108 valence electrons. The van der Waals surface area contributed by atoms with Crippen molar-refractivity contribution in [2.24, 2.45) is 0 Å². The summed E-state index contributed by atoms with van der Waals surface area (Å²) in [4.78, 5) is 25.8. The van der Waals surface area contributed by atoms with Crippen molar-refractivity contribution < 1.29 is 14.3 Å². The van der Waals surface area contributed by atoms with E-state index in [9.17, 15) is 9.59 Å². The van der Waals surface area contributed by atoms with Crippen molar-refractivity contribution in [3.8, 4) is 0 Å². The zero-order chi connectivity index (χ0) is 14.1. The summed E-state index contributed by atoms with van der Waals surface area (Å²) in [5.74, 6) is -0.144. The van der Waals surface area contributed by atoms with Gasteiger partial charge >= 0.3 is 5.97 Å². The van der Waals surface area contributed by atoms with Crippen LogP contribution >= 0.6 is 0 Å². The molecule has 1 N–H and O–H groups in total. The first-order valence-electron chi connectivity index (χ1n) is 7.20. The normalized spacial score (nSPS) is 19.9. The predicted octanol–water partition coefficient (Wildman–Crippen LogP) is 1.45. The largest absolute Gasteiger partial charge is 0.448 e. The third-order valence-corrected chi connectivity index (χ3v) is 3.87. The second-order valence-electron chi connectivity index (χ2n) is 5.56. The van der Waals surface area contributed by atoms with E-state index in [1.807, 2.05) is 0 Å². The van der Waals surface area contributed by atoms with Gasteiger partial charge in [-0.2, -0.15) is 5.10 Å². The number of aromatic nitrogens is 2. The van der Waals surface area contributed by atoms with Crippen LogP contribution in [0.2, 0.25) is 0 Å². The first-order valence-corrected chi connectivity index (χ1v) is 7.20. The highest BCUT2D eigenvalue weighted by Crippen LogP contribution is 2.39. The van der Waals surface area contributed by atoms with Gasteiger partial charge in [0.05, 0.1) is 0 Å². The van der Waals surface area contributed by atoms with Crippen LogP contribution in [0.15, 0.2) is 6.07 Å². The average molecular weight is 277 g/mol. The molecule has 1 saturated heterocycles. The van der Waals surface area contributed by atoms with Crippen LogP contribution in [-0.4, -0.2) is 46.2 Å². The van der Waals surface area contributed by atoms with Crippen molar-refractivity contribution in [2.75, 3.05) is 13.1 Å². The molecule has 1 unspecified atom stereocenters. The SMILES string of the molecule is CC(OC(=O)c1cc(C2CC2)[nH]n1)C(=O)N1CCCC1. The summed E-state index contributed by atoms with van der Waals surface area (Å²) in [7, 11) is 0. The van der Waals surface area contributed by atoms with E-state index in [4.69, 9.17) is 4.74 Å². The lowest BCUT2D eigenvalue weighted by Crippen LogP contribution is -2.38. The fourth-order valence-electron chi connectivity index (χ4n) is 2.51. The van der Waals surface area contributed by atoms with Gasteiger partial charge in [0.1, 0.15) is 0 Å². The quantitative estimate of drug-likeness (QED) is 0.845. The van der Waals surface area contributed by atoms with Gasteiger partial charge in [-0.05, 0) is 38.7 Å². The standard InChI is InChI=1S/C14H19N3O3/c1-9(13(18)17-6-2-3-7-17)20-14(19)12-8-11(15-16-12)10-4-5-10/h8-10H,2-7H2,1H3,(H,15,16). The number of nitrogens with one attached hydrogen (secondary N) is 1. The molecule has 1 aromatic heterocycles. The van der Waals surface area contributed by atoms with Crippen molar-refractivity contribution in [3.63, 3.8) is 0 Å². The van der Waals surface area contributed by atoms with Crippen LogP contribution in [0.4, 0.5) is 0 Å². The molecule has 2 fully saturated rings. The zero-order valence-electron chi connectivity index (χ0n) is 11.6. The van der Waals surface area contributed by atoms with E-state index in [1.54, 1.807) is 17.9 Å². The van der Waals surface area contributed by atoms with Crippen LogP contribution in [0.5, 0.6) is 0 Å². The average Bonchev–Trinajstić information content (AvgIpc) is 2.97. The third kappa shape index (κ3) is 2.69. The highest BCUT2D eigenvalue weighted by Gasteiger charge is 2.29. The van der Waals surface area contributed by atoms with Crippen LogP contribution < -0.4 is 0 Å². The van der Waals surface area contributed by atoms with Gasteiger partial charge in [-0.3, -0.25) is 9.89 Å². The number of aromatic amines is 1. The second kappa shape index (κ2) is 5.26. The van der Waals surface area contributed by atoms with Gasteiger partial charge in [0.15, 0.2) is 11.8 Å². The molecule has 3 rings (SSSR count).